The molecule has 14 heavy (non-hydrogen) atoms. The Balaban J connectivity index is 1.67. The molecule has 1 saturated heterocycles. The molecule has 0 aromatic carbocycles. The first-order valence-electron chi connectivity index (χ1n) is 6.18. The number of hydrogen-bond donors (Lipinski definition) is 1. The fourth-order valence-electron chi connectivity index (χ4n) is 2.67. The molecule has 2 rings (SSSR count). The summed E-state index contributed by atoms with van der Waals surface area (Å²) in [5, 5.41) is 3.41. The Morgan fingerprint density at radius 3 is 2.71 bits per heavy atom. The molecule has 1 aliphatic heterocycles. The van der Waals surface area contributed by atoms with Gasteiger partial charge in [0, 0.05) is 13.2 Å². The first kappa shape index (κ1) is 10.4. The van der Waals surface area contributed by atoms with E-state index in [1.807, 2.05) is 0 Å². The zero-order valence-electron chi connectivity index (χ0n) is 9.30. The Morgan fingerprint density at radius 2 is 2.00 bits per heavy atom. The summed E-state index contributed by atoms with van der Waals surface area (Å²) in [6.45, 7) is 5.59. The Labute approximate surface area is 87.4 Å². The second-order valence-electron chi connectivity index (χ2n) is 4.99. The van der Waals surface area contributed by atoms with Crippen molar-refractivity contribution in [1.29, 1.82) is 0 Å². The molecule has 0 bridgehead atoms. The molecule has 2 heteroatoms. The fourth-order valence-corrected chi connectivity index (χ4v) is 2.67. The van der Waals surface area contributed by atoms with Gasteiger partial charge in [-0.3, -0.25) is 0 Å². The van der Waals surface area contributed by atoms with Crippen molar-refractivity contribution in [2.75, 3.05) is 19.7 Å². The minimum Gasteiger partial charge on any atom is -0.378 e. The molecular weight excluding hydrogens is 174 g/mol. The van der Waals surface area contributed by atoms with E-state index in [2.05, 4.69) is 12.2 Å². The number of piperidine rings is 1. The van der Waals surface area contributed by atoms with Crippen LogP contribution >= 0.6 is 0 Å². The third-order valence-electron chi connectivity index (χ3n) is 3.73. The Bertz CT molecular complexity index is 166. The third-order valence-corrected chi connectivity index (χ3v) is 3.73. The molecule has 2 atom stereocenters. The van der Waals surface area contributed by atoms with E-state index in [9.17, 15) is 0 Å². The van der Waals surface area contributed by atoms with E-state index in [1.165, 1.54) is 32.1 Å². The number of rotatable bonds is 3. The first-order chi connectivity index (χ1) is 6.86. The van der Waals surface area contributed by atoms with Crippen LogP contribution in [0.1, 0.15) is 39.0 Å². The summed E-state index contributed by atoms with van der Waals surface area (Å²) >= 11 is 0. The molecule has 2 unspecified atom stereocenters. The summed E-state index contributed by atoms with van der Waals surface area (Å²) < 4.78 is 6.04. The van der Waals surface area contributed by atoms with Crippen LogP contribution in [0.5, 0.6) is 0 Å². The Morgan fingerprint density at radius 1 is 1.21 bits per heavy atom. The van der Waals surface area contributed by atoms with Gasteiger partial charge in [0.25, 0.3) is 0 Å². The standard InChI is InChI=1S/C12H23NO/c1-10-8-13-7-6-12(10)14-9-11-4-2-3-5-11/h10-13H,2-9H2,1H3. The monoisotopic (exact) mass is 197 g/mol. The van der Waals surface area contributed by atoms with Gasteiger partial charge in [0.15, 0.2) is 0 Å². The second-order valence-corrected chi connectivity index (χ2v) is 4.99. The maximum atomic E-state index is 6.04. The third kappa shape index (κ3) is 2.71. The second kappa shape index (κ2) is 5.13. The van der Waals surface area contributed by atoms with Crippen molar-refractivity contribution >= 4 is 0 Å². The highest BCUT2D eigenvalue weighted by Crippen LogP contribution is 2.26. The van der Waals surface area contributed by atoms with Crippen molar-refractivity contribution in [3.8, 4) is 0 Å². The summed E-state index contributed by atoms with van der Waals surface area (Å²) in [6, 6.07) is 0. The average molecular weight is 197 g/mol. The zero-order valence-corrected chi connectivity index (χ0v) is 9.30. The lowest BCUT2D eigenvalue weighted by atomic mass is 9.98. The molecule has 2 fully saturated rings. The summed E-state index contributed by atoms with van der Waals surface area (Å²) in [7, 11) is 0. The highest BCUT2D eigenvalue weighted by molar-refractivity contribution is 4.76. The van der Waals surface area contributed by atoms with Crippen molar-refractivity contribution < 1.29 is 4.74 Å². The van der Waals surface area contributed by atoms with Crippen LogP contribution in [0.4, 0.5) is 0 Å². The largest absolute Gasteiger partial charge is 0.378 e. The fraction of sp³-hybridized carbons (Fsp3) is 1.00. The van der Waals surface area contributed by atoms with Crippen LogP contribution in [0.2, 0.25) is 0 Å². The van der Waals surface area contributed by atoms with Gasteiger partial charge in [0.2, 0.25) is 0 Å². The number of ether oxygens (including phenoxy) is 1. The van der Waals surface area contributed by atoms with Gasteiger partial charge in [-0.1, -0.05) is 19.8 Å². The van der Waals surface area contributed by atoms with E-state index in [0.717, 1.165) is 25.6 Å². The quantitative estimate of drug-likeness (QED) is 0.749. The summed E-state index contributed by atoms with van der Waals surface area (Å²) in [5.74, 6) is 1.57. The molecule has 2 nitrogen and oxygen atoms in total. The molecule has 0 amide bonds. The predicted molar refractivity (Wildman–Crippen MR) is 58.3 cm³/mol. The van der Waals surface area contributed by atoms with Gasteiger partial charge in [-0.25, -0.2) is 0 Å². The first-order valence-corrected chi connectivity index (χ1v) is 6.18. The lowest BCUT2D eigenvalue weighted by molar-refractivity contribution is -0.0156. The molecular formula is C12H23NO. The minimum atomic E-state index is 0.525. The molecule has 2 aliphatic rings. The molecule has 82 valence electrons. The van der Waals surface area contributed by atoms with Crippen LogP contribution in [0, 0.1) is 11.8 Å². The molecule has 0 aromatic rings. The van der Waals surface area contributed by atoms with Crippen molar-refractivity contribution in [3.63, 3.8) is 0 Å². The van der Waals surface area contributed by atoms with E-state index in [4.69, 9.17) is 4.74 Å². The zero-order chi connectivity index (χ0) is 9.80. The Hall–Kier alpha value is -0.0800. The molecule has 0 radical (unpaired) electrons. The van der Waals surface area contributed by atoms with E-state index in [1.54, 1.807) is 0 Å². The van der Waals surface area contributed by atoms with Crippen LogP contribution in [0.25, 0.3) is 0 Å². The maximum absolute atomic E-state index is 6.04. The molecule has 1 N–H and O–H groups in total. The van der Waals surface area contributed by atoms with Gasteiger partial charge < -0.3 is 10.1 Å². The van der Waals surface area contributed by atoms with Crippen LogP contribution in [0.15, 0.2) is 0 Å². The smallest absolute Gasteiger partial charge is 0.0625 e. The van der Waals surface area contributed by atoms with E-state index in [0.29, 0.717) is 12.0 Å². The maximum Gasteiger partial charge on any atom is 0.0625 e. The highest BCUT2D eigenvalue weighted by Gasteiger charge is 2.23. The van der Waals surface area contributed by atoms with Gasteiger partial charge >= 0.3 is 0 Å². The predicted octanol–water partition coefficient (Wildman–Crippen LogP) is 2.19. The summed E-state index contributed by atoms with van der Waals surface area (Å²) in [6.07, 6.45) is 7.38. The van der Waals surface area contributed by atoms with Gasteiger partial charge in [-0.05, 0) is 37.6 Å². The van der Waals surface area contributed by atoms with Crippen LogP contribution in [-0.2, 0) is 4.74 Å². The lowest BCUT2D eigenvalue weighted by Crippen LogP contribution is -2.40. The van der Waals surface area contributed by atoms with Crippen molar-refractivity contribution in [2.45, 2.75) is 45.1 Å². The molecule has 0 aromatic heterocycles. The van der Waals surface area contributed by atoms with Gasteiger partial charge in [-0.15, -0.1) is 0 Å². The number of nitrogens with one attached hydrogen (secondary N) is 1. The number of hydrogen-bond acceptors (Lipinski definition) is 2. The SMILES string of the molecule is CC1CNCCC1OCC1CCCC1. The van der Waals surface area contributed by atoms with Crippen LogP contribution in [0.3, 0.4) is 0 Å². The van der Waals surface area contributed by atoms with Crippen molar-refractivity contribution in [2.24, 2.45) is 11.8 Å². The Kier molecular flexibility index (Phi) is 3.82. The highest BCUT2D eigenvalue weighted by atomic mass is 16.5. The minimum absolute atomic E-state index is 0.525. The average Bonchev–Trinajstić information content (AvgIpc) is 2.69. The van der Waals surface area contributed by atoms with E-state index in [-0.39, 0.29) is 0 Å². The van der Waals surface area contributed by atoms with Gasteiger partial charge in [0.1, 0.15) is 0 Å². The molecule has 1 heterocycles. The molecule has 1 aliphatic carbocycles. The lowest BCUT2D eigenvalue weighted by Gasteiger charge is -2.30. The normalized spacial score (nSPS) is 34.9. The van der Waals surface area contributed by atoms with Crippen LogP contribution < -0.4 is 5.32 Å². The summed E-state index contributed by atoms with van der Waals surface area (Å²) in [4.78, 5) is 0. The van der Waals surface area contributed by atoms with Crippen LogP contribution in [-0.4, -0.2) is 25.8 Å². The molecule has 0 spiro atoms. The summed E-state index contributed by atoms with van der Waals surface area (Å²) in [5.41, 5.74) is 0. The van der Waals surface area contributed by atoms with Gasteiger partial charge in [-0.2, -0.15) is 0 Å². The van der Waals surface area contributed by atoms with E-state index < -0.39 is 0 Å². The van der Waals surface area contributed by atoms with Crippen molar-refractivity contribution in [1.82, 2.24) is 5.32 Å². The topological polar surface area (TPSA) is 21.3 Å². The van der Waals surface area contributed by atoms with Crippen molar-refractivity contribution in [3.05, 3.63) is 0 Å². The van der Waals surface area contributed by atoms with Gasteiger partial charge in [0.05, 0.1) is 6.10 Å². The van der Waals surface area contributed by atoms with E-state index >= 15 is 0 Å². The molecule has 1 saturated carbocycles.